The molecule has 0 unspecified atom stereocenters. The predicted octanol–water partition coefficient (Wildman–Crippen LogP) is -7.70. The largest absolute Gasteiger partial charge is 1.00 e. The minimum atomic E-state index is -4.62. The molecule has 3 N–H and O–H groups in total. The van der Waals surface area contributed by atoms with Crippen LogP contribution in [-0.4, -0.2) is 14.2 Å². The first-order valence-electron chi connectivity index (χ1n) is 0.995. The number of hydrogen-bond donors (Lipinski definition) is 1. The second-order valence-electron chi connectivity index (χ2n) is 0.771. The first kappa shape index (κ1) is 30.0. The third-order valence-corrected chi connectivity index (χ3v) is 0. The molecule has 0 aromatic heterocycles. The average Bonchev–Trinajstić information content (AvgIpc) is 0.722. The second-order valence-corrected chi connectivity index (χ2v) is 4.01. The van der Waals surface area contributed by atoms with Gasteiger partial charge in [-0.25, -0.2) is 0 Å². The first-order valence-corrected chi connectivity index (χ1v) is 5.17. The van der Waals surface area contributed by atoms with Crippen LogP contribution in [0, 0.1) is 0 Å². The summed E-state index contributed by atoms with van der Waals surface area (Å²) in [6.45, 7) is 0. The summed E-state index contributed by atoms with van der Waals surface area (Å²) < 4.78 is 27.5. The van der Waals surface area contributed by atoms with E-state index < -0.39 is 14.2 Å². The minimum absolute atomic E-state index is 0. The fraction of sp³-hybridized carbons (Fsp3) is 1.00. The van der Waals surface area contributed by atoms with Crippen LogP contribution in [-0.2, 0) is 3.74 Å². The Balaban J connectivity index is -0.0000000133. The van der Waals surface area contributed by atoms with Gasteiger partial charge in [0.1, 0.15) is 0 Å². The molecule has 0 saturated carbocycles. The Morgan fingerprint density at radius 2 is 1.22 bits per heavy atom. The van der Waals surface area contributed by atoms with Gasteiger partial charge in [-0.05, 0) is 0 Å². The SMILES string of the molecule is C[As](=O)([O-])[O-].Cl.N.[Na+].[Na+]. The van der Waals surface area contributed by atoms with Crippen LogP contribution in [0.5, 0.6) is 0 Å². The predicted molar refractivity (Wildman–Crippen MR) is 24.6 cm³/mol. The van der Waals surface area contributed by atoms with Crippen LogP contribution >= 0.6 is 12.4 Å². The zero-order valence-electron chi connectivity index (χ0n) is 5.79. The van der Waals surface area contributed by atoms with Gasteiger partial charge in [0.2, 0.25) is 0 Å². The van der Waals surface area contributed by atoms with Crippen LogP contribution < -0.4 is 73.5 Å². The van der Waals surface area contributed by atoms with Crippen molar-refractivity contribution >= 4 is 26.6 Å². The zero-order valence-corrected chi connectivity index (χ0v) is 12.5. The Kier molecular flexibility index (Phi) is 43.8. The molecule has 0 heterocycles. The van der Waals surface area contributed by atoms with E-state index in [1.165, 1.54) is 0 Å². The van der Waals surface area contributed by atoms with Crippen molar-refractivity contribution in [3.05, 3.63) is 0 Å². The topological polar surface area (TPSA) is 98.2 Å². The molecular weight excluding hydrogens is 230 g/mol. The van der Waals surface area contributed by atoms with Gasteiger partial charge in [-0.15, -0.1) is 12.4 Å². The van der Waals surface area contributed by atoms with Crippen molar-refractivity contribution in [2.24, 2.45) is 0 Å². The Hall–Kier alpha value is 2.53. The van der Waals surface area contributed by atoms with Gasteiger partial charge in [0.15, 0.2) is 0 Å². The van der Waals surface area contributed by atoms with Crippen molar-refractivity contribution in [2.75, 3.05) is 0 Å². The maximum absolute atomic E-state index is 9.16. The maximum Gasteiger partial charge on any atom is 1.00 e. The number of halogens is 1. The van der Waals surface area contributed by atoms with Gasteiger partial charge in [0, 0.05) is 0 Å². The van der Waals surface area contributed by atoms with Crippen LogP contribution in [0.15, 0.2) is 0 Å². The van der Waals surface area contributed by atoms with Crippen LogP contribution in [0.25, 0.3) is 0 Å². The van der Waals surface area contributed by atoms with Crippen LogP contribution in [0.4, 0.5) is 0 Å². The van der Waals surface area contributed by atoms with E-state index in [9.17, 15) is 0 Å². The second kappa shape index (κ2) is 13.1. The average molecular weight is 237 g/mol. The van der Waals surface area contributed by atoms with Gasteiger partial charge in [0.05, 0.1) is 0 Å². The van der Waals surface area contributed by atoms with Crippen molar-refractivity contribution in [1.82, 2.24) is 6.15 Å². The molecule has 0 aliphatic rings. The summed E-state index contributed by atoms with van der Waals surface area (Å²) in [6, 6.07) is 0. The monoisotopic (exact) mass is 237 g/mol. The summed E-state index contributed by atoms with van der Waals surface area (Å²) in [5.41, 5.74) is 0.693. The summed E-state index contributed by atoms with van der Waals surface area (Å²) in [5.74, 6) is 0. The molecule has 4 nitrogen and oxygen atoms in total. The molecule has 0 aromatic rings. The van der Waals surface area contributed by atoms with E-state index in [4.69, 9.17) is 11.9 Å². The molecule has 0 bridgehead atoms. The summed E-state index contributed by atoms with van der Waals surface area (Å²) in [7, 11) is 0. The van der Waals surface area contributed by atoms with E-state index in [1.807, 2.05) is 0 Å². The zero-order chi connectivity index (χ0) is 4.50. The molecule has 48 valence electrons. The van der Waals surface area contributed by atoms with Crippen LogP contribution in [0.3, 0.4) is 0 Å². The van der Waals surface area contributed by atoms with Crippen molar-refractivity contribution in [2.45, 2.75) is 5.71 Å². The molecule has 8 heteroatoms. The van der Waals surface area contributed by atoms with E-state index in [-0.39, 0.29) is 77.7 Å². The Morgan fingerprint density at radius 3 is 1.22 bits per heavy atom. The molecule has 0 fully saturated rings. The third-order valence-electron chi connectivity index (χ3n) is 0. The minimum Gasteiger partial charge on any atom is -0.344 e. The fourth-order valence-corrected chi connectivity index (χ4v) is 0. The van der Waals surface area contributed by atoms with E-state index in [0.29, 0.717) is 5.71 Å². The maximum atomic E-state index is 9.16. The van der Waals surface area contributed by atoms with Crippen LogP contribution in [0.2, 0.25) is 5.71 Å². The number of rotatable bonds is 0. The molecule has 0 amide bonds. The van der Waals surface area contributed by atoms with Gasteiger partial charge in [-0.3, -0.25) is 0 Å². The summed E-state index contributed by atoms with van der Waals surface area (Å²) in [4.78, 5) is 0. The van der Waals surface area contributed by atoms with Gasteiger partial charge >= 0.3 is 90.9 Å². The van der Waals surface area contributed by atoms with E-state index in [1.54, 1.807) is 0 Å². The Labute approximate surface area is 108 Å². The quantitative estimate of drug-likeness (QED) is 0.423. The molecule has 9 heavy (non-hydrogen) atoms. The Bertz CT molecular complexity index is 67.9. The standard InChI is InChI=1S/CH5AsO3.ClH.H3N.2Na/c1-2(3,4)5;;;;/h1H3,(H2,3,4,5);1H;1H3;;/q;;;2*+1/p-2. The third kappa shape index (κ3) is 120. The van der Waals surface area contributed by atoms with Crippen molar-refractivity contribution in [3.8, 4) is 0 Å². The van der Waals surface area contributed by atoms with Gasteiger partial charge in [-0.2, -0.15) is 0 Å². The van der Waals surface area contributed by atoms with Gasteiger partial charge < -0.3 is 6.15 Å². The summed E-state index contributed by atoms with van der Waals surface area (Å²) >= 11 is -4.62. The van der Waals surface area contributed by atoms with E-state index in [0.717, 1.165) is 0 Å². The molecule has 0 aliphatic carbocycles. The summed E-state index contributed by atoms with van der Waals surface area (Å²) in [5, 5.41) is 0. The van der Waals surface area contributed by atoms with Gasteiger partial charge in [0.25, 0.3) is 0 Å². The molecular formula is CH7AsClNNa2O3. The van der Waals surface area contributed by atoms with Crippen LogP contribution in [0.1, 0.15) is 0 Å². The molecule has 0 aliphatic heterocycles. The molecule has 0 radical (unpaired) electrons. The first-order chi connectivity index (χ1) is 2.00. The van der Waals surface area contributed by atoms with Crippen molar-refractivity contribution in [1.29, 1.82) is 0 Å². The van der Waals surface area contributed by atoms with Gasteiger partial charge in [-0.1, -0.05) is 0 Å². The number of hydrogen-bond acceptors (Lipinski definition) is 4. The molecule has 0 atom stereocenters. The van der Waals surface area contributed by atoms with Crippen molar-refractivity contribution in [3.63, 3.8) is 0 Å². The molecule has 0 rings (SSSR count). The normalized spacial score (nSPS) is 6.56. The molecule has 0 aromatic carbocycles. The fourth-order valence-electron chi connectivity index (χ4n) is 0. The van der Waals surface area contributed by atoms with Crippen molar-refractivity contribution < 1.29 is 71.0 Å². The smallest absolute Gasteiger partial charge is 0.344 e. The van der Waals surface area contributed by atoms with E-state index >= 15 is 0 Å². The molecule has 0 spiro atoms. The summed E-state index contributed by atoms with van der Waals surface area (Å²) in [6.07, 6.45) is 0. The van der Waals surface area contributed by atoms with E-state index in [2.05, 4.69) is 0 Å². The molecule has 0 saturated heterocycles. The Morgan fingerprint density at radius 1 is 1.22 bits per heavy atom.